The smallest absolute Gasteiger partial charge is 0.730 e. The van der Waals surface area contributed by atoms with E-state index in [1.54, 1.807) is 31.2 Å². The molecule has 0 amide bonds. The first-order valence-corrected chi connectivity index (χ1v) is 5.22. The summed E-state index contributed by atoms with van der Waals surface area (Å²) in [5, 5.41) is 3.43. The monoisotopic (exact) mass is 236 g/mol. The van der Waals surface area contributed by atoms with Crippen LogP contribution in [0.1, 0.15) is 12.5 Å². The summed E-state index contributed by atoms with van der Waals surface area (Å²) in [6.07, 6.45) is 0. The van der Waals surface area contributed by atoms with Crippen molar-refractivity contribution in [2.75, 3.05) is 0 Å². The van der Waals surface area contributed by atoms with E-state index in [0.29, 0.717) is 5.71 Å². The van der Waals surface area contributed by atoms with Crippen LogP contribution in [0.5, 0.6) is 0 Å². The SMILES string of the molecule is C/C(=N/NS(=O)(=O)[O-])c1ccccc1.[Na+]. The number of hydrogen-bond acceptors (Lipinski definition) is 4. The molecule has 0 bridgehead atoms. The molecule has 0 heterocycles. The van der Waals surface area contributed by atoms with Gasteiger partial charge in [-0.15, -0.1) is 0 Å². The molecule has 1 N–H and O–H groups in total. The van der Waals surface area contributed by atoms with Crippen LogP contribution in [0.2, 0.25) is 0 Å². The summed E-state index contributed by atoms with van der Waals surface area (Å²) in [6, 6.07) is 8.94. The zero-order valence-electron chi connectivity index (χ0n) is 8.47. The molecule has 0 spiro atoms. The Morgan fingerprint density at radius 3 is 2.33 bits per heavy atom. The van der Waals surface area contributed by atoms with Crippen molar-refractivity contribution in [3.05, 3.63) is 35.9 Å². The van der Waals surface area contributed by atoms with Gasteiger partial charge in [-0.05, 0) is 12.5 Å². The second kappa shape index (κ2) is 6.24. The molecule has 5 nitrogen and oxygen atoms in total. The molecule has 7 heteroatoms. The van der Waals surface area contributed by atoms with Crippen molar-refractivity contribution in [2.24, 2.45) is 5.10 Å². The van der Waals surface area contributed by atoms with Gasteiger partial charge in [0.15, 0.2) is 10.3 Å². The predicted octanol–water partition coefficient (Wildman–Crippen LogP) is -2.54. The molecule has 1 aromatic carbocycles. The Bertz CT molecular complexity index is 430. The minimum atomic E-state index is -4.51. The number of rotatable bonds is 3. The Morgan fingerprint density at radius 2 is 1.87 bits per heavy atom. The summed E-state index contributed by atoms with van der Waals surface area (Å²) < 4.78 is 30.6. The van der Waals surface area contributed by atoms with Crippen molar-refractivity contribution in [3.63, 3.8) is 0 Å². The molecule has 0 fully saturated rings. The average Bonchev–Trinajstić information content (AvgIpc) is 2.14. The summed E-state index contributed by atoms with van der Waals surface area (Å²) in [5.41, 5.74) is 1.19. The second-order valence-electron chi connectivity index (χ2n) is 2.61. The van der Waals surface area contributed by atoms with E-state index < -0.39 is 10.3 Å². The number of benzene rings is 1. The second-order valence-corrected chi connectivity index (χ2v) is 3.70. The molecule has 0 aromatic heterocycles. The van der Waals surface area contributed by atoms with Crippen LogP contribution in [-0.4, -0.2) is 18.7 Å². The van der Waals surface area contributed by atoms with E-state index in [4.69, 9.17) is 0 Å². The molecule has 1 aromatic rings. The van der Waals surface area contributed by atoms with Gasteiger partial charge in [-0.1, -0.05) is 30.3 Å². The van der Waals surface area contributed by atoms with Crippen LogP contribution in [0.25, 0.3) is 0 Å². The normalized spacial score (nSPS) is 11.7. The van der Waals surface area contributed by atoms with Gasteiger partial charge in [-0.3, -0.25) is 0 Å². The maximum atomic E-state index is 10.2. The fraction of sp³-hybridized carbons (Fsp3) is 0.125. The third-order valence-electron chi connectivity index (χ3n) is 1.52. The Balaban J connectivity index is 0.00000196. The molecule has 0 saturated heterocycles. The summed E-state index contributed by atoms with van der Waals surface area (Å²) in [7, 11) is -4.51. The van der Waals surface area contributed by atoms with E-state index in [2.05, 4.69) is 5.10 Å². The largest absolute Gasteiger partial charge is 1.00 e. The van der Waals surface area contributed by atoms with Crippen LogP contribution in [0.15, 0.2) is 35.4 Å². The number of hydrazone groups is 1. The van der Waals surface area contributed by atoms with Crippen LogP contribution in [0.4, 0.5) is 0 Å². The maximum absolute atomic E-state index is 10.2. The van der Waals surface area contributed by atoms with Gasteiger partial charge in [0.2, 0.25) is 0 Å². The third kappa shape index (κ3) is 5.91. The Hall–Kier alpha value is -0.400. The maximum Gasteiger partial charge on any atom is 1.00 e. The van der Waals surface area contributed by atoms with Crippen LogP contribution in [0.3, 0.4) is 0 Å². The zero-order chi connectivity index (χ0) is 10.6. The van der Waals surface area contributed by atoms with Gasteiger partial charge in [0.25, 0.3) is 0 Å². The van der Waals surface area contributed by atoms with Crippen LogP contribution in [0, 0.1) is 0 Å². The molecule has 76 valence electrons. The number of nitrogens with one attached hydrogen (secondary N) is 1. The van der Waals surface area contributed by atoms with Gasteiger partial charge < -0.3 is 4.55 Å². The number of hydrogen-bond donors (Lipinski definition) is 1. The van der Waals surface area contributed by atoms with E-state index >= 15 is 0 Å². The molecule has 15 heavy (non-hydrogen) atoms. The Labute approximate surface area is 111 Å². The predicted molar refractivity (Wildman–Crippen MR) is 51.5 cm³/mol. The molecule has 0 aliphatic rings. The standard InChI is InChI=1S/C8H10N2O3S.Na/c1-7(9-10-14(11,12)13)8-5-3-2-4-6-8;/h2-6,10H,1H3,(H,11,12,13);/q;+1/p-1/b9-7-;. The van der Waals surface area contributed by atoms with E-state index in [1.165, 1.54) is 4.83 Å². The van der Waals surface area contributed by atoms with Crippen LogP contribution in [-0.2, 0) is 10.3 Å². The van der Waals surface area contributed by atoms with Gasteiger partial charge in [0, 0.05) is 0 Å². The molecule has 1 rings (SSSR count). The molecular weight excluding hydrogens is 227 g/mol. The molecule has 0 unspecified atom stereocenters. The van der Waals surface area contributed by atoms with Crippen LogP contribution >= 0.6 is 0 Å². The molecular formula is C8H9N2NaO3S. The van der Waals surface area contributed by atoms with Gasteiger partial charge in [0.1, 0.15) is 0 Å². The van der Waals surface area contributed by atoms with Crippen molar-refractivity contribution < 1.29 is 42.5 Å². The van der Waals surface area contributed by atoms with Crippen molar-refractivity contribution in [1.82, 2.24) is 4.83 Å². The fourth-order valence-electron chi connectivity index (χ4n) is 0.868. The summed E-state index contributed by atoms with van der Waals surface area (Å²) in [5.74, 6) is 0. The molecule has 0 aliphatic heterocycles. The first-order chi connectivity index (χ1) is 6.49. The minimum absolute atomic E-state index is 0. The summed E-state index contributed by atoms with van der Waals surface area (Å²) in [4.78, 5) is 1.52. The van der Waals surface area contributed by atoms with E-state index in [0.717, 1.165) is 5.56 Å². The molecule has 0 radical (unpaired) electrons. The first kappa shape index (κ1) is 14.6. The fourth-order valence-corrected chi connectivity index (χ4v) is 1.12. The Morgan fingerprint density at radius 1 is 1.33 bits per heavy atom. The topological polar surface area (TPSA) is 81.6 Å². The molecule has 0 aliphatic carbocycles. The number of nitrogens with zero attached hydrogens (tertiary/aromatic N) is 1. The average molecular weight is 236 g/mol. The zero-order valence-corrected chi connectivity index (χ0v) is 11.3. The van der Waals surface area contributed by atoms with E-state index in [-0.39, 0.29) is 29.6 Å². The van der Waals surface area contributed by atoms with Crippen molar-refractivity contribution in [1.29, 1.82) is 0 Å². The molecule has 0 atom stereocenters. The van der Waals surface area contributed by atoms with Gasteiger partial charge >= 0.3 is 29.6 Å². The van der Waals surface area contributed by atoms with Crippen molar-refractivity contribution >= 4 is 16.0 Å². The van der Waals surface area contributed by atoms with Gasteiger partial charge in [-0.2, -0.15) is 5.10 Å². The summed E-state index contributed by atoms with van der Waals surface area (Å²) in [6.45, 7) is 1.60. The van der Waals surface area contributed by atoms with Gasteiger partial charge in [-0.25, -0.2) is 13.2 Å². The third-order valence-corrected chi connectivity index (χ3v) is 1.83. The van der Waals surface area contributed by atoms with Crippen LogP contribution < -0.4 is 34.4 Å². The summed E-state index contributed by atoms with van der Waals surface area (Å²) >= 11 is 0. The van der Waals surface area contributed by atoms with E-state index in [1.807, 2.05) is 6.07 Å². The quantitative estimate of drug-likeness (QED) is 0.272. The first-order valence-electron chi connectivity index (χ1n) is 3.81. The van der Waals surface area contributed by atoms with E-state index in [9.17, 15) is 13.0 Å². The minimum Gasteiger partial charge on any atom is -0.730 e. The van der Waals surface area contributed by atoms with Crippen molar-refractivity contribution in [2.45, 2.75) is 6.92 Å². The van der Waals surface area contributed by atoms with Crippen molar-refractivity contribution in [3.8, 4) is 0 Å². The Kier molecular flexibility index (Phi) is 6.07. The molecule has 0 saturated carbocycles. The van der Waals surface area contributed by atoms with Gasteiger partial charge in [0.05, 0.1) is 5.71 Å².